The number of benzene rings is 1. The largest absolute Gasteiger partial charge is 2.00 e. The summed E-state index contributed by atoms with van der Waals surface area (Å²) in [6, 6.07) is 5.79. The van der Waals surface area contributed by atoms with Gasteiger partial charge in [-0.15, -0.1) is 0 Å². The van der Waals surface area contributed by atoms with Crippen molar-refractivity contribution in [1.29, 1.82) is 0 Å². The first-order chi connectivity index (χ1) is 28.9. The zero-order valence-electron chi connectivity index (χ0n) is 36.8. The number of carbonyl (C=O) groups is 9. The van der Waals surface area contributed by atoms with Crippen molar-refractivity contribution in [2.24, 2.45) is 22.2 Å². The molecule has 1 aromatic carbocycles. The Kier molecular flexibility index (Phi) is 33.4. The fraction of sp³-hybridized carbons (Fsp3) is 0.500. The minimum absolute atomic E-state index is 0. The number of aliphatic imine (C=N–C) groups is 1. The van der Waals surface area contributed by atoms with E-state index in [9.17, 15) is 43.2 Å². The van der Waals surface area contributed by atoms with Crippen LogP contribution in [0.25, 0.3) is 12.3 Å². The predicted octanol–water partition coefficient (Wildman–Crippen LogP) is -4.56. The number of carbonyl (C=O) groups excluding carboxylic acids is 9. The van der Waals surface area contributed by atoms with E-state index in [0.29, 0.717) is 38.0 Å². The van der Waals surface area contributed by atoms with Gasteiger partial charge < -0.3 is 84.0 Å². The van der Waals surface area contributed by atoms with Crippen LogP contribution in [0.4, 0.5) is 0 Å². The molecule has 2 rings (SSSR count). The number of hydrogen-bond acceptors (Lipinski definition) is 12. The molecule has 23 nitrogen and oxygen atoms in total. The van der Waals surface area contributed by atoms with Crippen LogP contribution in [-0.2, 0) is 66.4 Å². The van der Waals surface area contributed by atoms with Crippen molar-refractivity contribution in [3.63, 3.8) is 0 Å². The number of amides is 7. The normalized spacial score (nSPS) is 13.8. The van der Waals surface area contributed by atoms with E-state index >= 15 is 0 Å². The molecule has 0 aliphatic carbocycles. The molecule has 1 saturated heterocycles. The van der Waals surface area contributed by atoms with E-state index in [0.717, 1.165) is 11.3 Å². The maximum Gasteiger partial charge on any atom is 2.00 e. The minimum Gasteiger partial charge on any atom is -1.00 e. The van der Waals surface area contributed by atoms with Gasteiger partial charge in [-0.3, -0.25) is 48.1 Å². The first-order valence-electron chi connectivity index (χ1n) is 19.9. The van der Waals surface area contributed by atoms with Crippen LogP contribution >= 0.6 is 0 Å². The number of nitrogens with zero attached hydrogens (tertiary/aromatic N) is 2. The average Bonchev–Trinajstić information content (AvgIpc) is 3.70. The van der Waals surface area contributed by atoms with Gasteiger partial charge in [-0.1, -0.05) is 30.3 Å². The molecule has 1 fully saturated rings. The van der Waals surface area contributed by atoms with Crippen LogP contribution in [0.2, 0.25) is 0 Å². The predicted molar refractivity (Wildman–Crippen MR) is 236 cm³/mol. The molecule has 0 unspecified atom stereocenters. The van der Waals surface area contributed by atoms with Gasteiger partial charge in [0.2, 0.25) is 41.4 Å². The van der Waals surface area contributed by atoms with Crippen LogP contribution < -0.4 is 66.8 Å². The summed E-state index contributed by atoms with van der Waals surface area (Å²) in [7, 11) is 0. The van der Waals surface area contributed by atoms with Crippen LogP contribution in [0.1, 0.15) is 64.9 Å². The quantitative estimate of drug-likeness (QED) is 0.0172. The molecule has 65 heavy (non-hydrogen) atoms. The standard InChI is InChI=1S/C40H60N12O9.ClH.Co.2H2N/c1-25(19-27(3)53)44-16-17-45-26(2)20-29(54)13-14-33(55)47-22-34(56)48-23-35(57)49-24-36(58)50-31(21-28-9-5-4-6-10-28)39(61)52-18-8-12-32(52)38(60)51-30(37(41)59)11-7-15-46-40(42)43;;;;/h4-6,9-10,19-20,30-32,44-45H,7-8,11-18,21-24H2,1-3H3,(H2,41,59)(H,47,55)(H,48,56)(H,49,57)(H,50,58)(H,51,60)(H4,42,43,46);1H;;2*1H2/q;;+2;2*-1/p-1/b25-19-,26-20-;;;;/t30-,31-,32-;;;;/m0..../s1. The number of nitrogens with one attached hydrogen (secondary N) is 7. The molecule has 0 aromatic heterocycles. The number of allylic oxidation sites excluding steroid dienone is 4. The SMILES string of the molecule is CC(=O)/C=C(/C)NCCN/C(C)=C\C(=O)CCC(=O)NCC(=O)NCC(=O)NCC(=O)N[C@@H](Cc1ccccc1)C(=O)N1CCC[C@H]1C(=O)N[C@@H](CCCN=C(N)N)C(N)=O.[Cl-].[Co+2].[NH2-].[NH2-]. The Balaban J connectivity index is -0.00000961. The molecule has 1 heterocycles. The molecule has 1 aliphatic rings. The first kappa shape index (κ1) is 63.2. The van der Waals surface area contributed by atoms with Crippen molar-refractivity contribution < 1.29 is 72.3 Å². The summed E-state index contributed by atoms with van der Waals surface area (Å²) in [6.45, 7) is 4.87. The fourth-order valence-electron chi connectivity index (χ4n) is 6.08. The summed E-state index contributed by atoms with van der Waals surface area (Å²) in [5, 5.41) is 18.4. The average molecular weight is 979 g/mol. The number of halogens is 1. The van der Waals surface area contributed by atoms with Gasteiger partial charge in [0.25, 0.3) is 0 Å². The number of nitrogens with two attached hydrogens (primary N) is 5. The summed E-state index contributed by atoms with van der Waals surface area (Å²) in [6.07, 6.45) is 3.99. The maximum atomic E-state index is 13.9. The van der Waals surface area contributed by atoms with Gasteiger partial charge in [0.05, 0.1) is 19.6 Å². The molecule has 1 aromatic rings. The molecule has 1 radical (unpaired) electrons. The molecule has 1 aliphatic heterocycles. The maximum absolute atomic E-state index is 13.9. The topological polar surface area (TPSA) is 398 Å². The van der Waals surface area contributed by atoms with E-state index in [1.165, 1.54) is 24.0 Å². The van der Waals surface area contributed by atoms with E-state index in [2.05, 4.69) is 42.2 Å². The van der Waals surface area contributed by atoms with Gasteiger partial charge >= 0.3 is 16.8 Å². The third-order valence-electron chi connectivity index (χ3n) is 9.03. The Morgan fingerprint density at radius 1 is 0.738 bits per heavy atom. The summed E-state index contributed by atoms with van der Waals surface area (Å²) in [4.78, 5) is 118. The van der Waals surface area contributed by atoms with Gasteiger partial charge in [0, 0.05) is 56.8 Å². The number of likely N-dealkylation sites (tertiary alicyclic amines) is 1. The van der Waals surface area contributed by atoms with E-state index in [1.54, 1.807) is 44.2 Å². The second kappa shape index (κ2) is 34.3. The van der Waals surface area contributed by atoms with Crippen molar-refractivity contribution >= 4 is 58.9 Å². The Hall–Kier alpha value is -6.08. The zero-order valence-corrected chi connectivity index (χ0v) is 38.6. The number of primary amides is 1. The number of hydrogen-bond donors (Lipinski definition) is 10. The van der Waals surface area contributed by atoms with Crippen molar-refractivity contribution in [3.05, 3.63) is 71.7 Å². The van der Waals surface area contributed by atoms with E-state index in [1.807, 2.05) is 0 Å². The molecular weight excluding hydrogens is 915 g/mol. The third-order valence-corrected chi connectivity index (χ3v) is 9.03. The van der Waals surface area contributed by atoms with Crippen LogP contribution in [0.5, 0.6) is 0 Å². The molecule has 0 spiro atoms. The van der Waals surface area contributed by atoms with E-state index in [-0.39, 0.29) is 97.8 Å². The molecule has 0 bridgehead atoms. The van der Waals surface area contributed by atoms with Crippen molar-refractivity contribution in [2.45, 2.75) is 83.8 Å². The number of guanidine groups is 1. The van der Waals surface area contributed by atoms with Gasteiger partial charge in [0.1, 0.15) is 18.1 Å². The summed E-state index contributed by atoms with van der Waals surface area (Å²) in [5.74, 6) is -5.02. The summed E-state index contributed by atoms with van der Waals surface area (Å²) >= 11 is 0. The zero-order chi connectivity index (χ0) is 45.3. The number of rotatable bonds is 27. The molecular formula is C40H64ClCoN14O9-. The Morgan fingerprint density at radius 2 is 1.29 bits per heavy atom. The second-order valence-electron chi connectivity index (χ2n) is 14.3. The Bertz CT molecular complexity index is 1830. The third kappa shape index (κ3) is 27.0. The van der Waals surface area contributed by atoms with Gasteiger partial charge in [0.15, 0.2) is 17.5 Å². The van der Waals surface area contributed by atoms with Crippen molar-refractivity contribution in [2.75, 3.05) is 45.8 Å². The smallest absolute Gasteiger partial charge is 1.00 e. The Labute approximate surface area is 395 Å². The molecule has 365 valence electrons. The van der Waals surface area contributed by atoms with Gasteiger partial charge in [-0.2, -0.15) is 0 Å². The van der Waals surface area contributed by atoms with Crippen LogP contribution in [0.3, 0.4) is 0 Å². The summed E-state index contributed by atoms with van der Waals surface area (Å²) in [5.41, 5.74) is 18.2. The summed E-state index contributed by atoms with van der Waals surface area (Å²) < 4.78 is 0. The second-order valence-corrected chi connectivity index (χ2v) is 14.3. The first-order valence-corrected chi connectivity index (χ1v) is 19.9. The van der Waals surface area contributed by atoms with Crippen LogP contribution in [-0.4, -0.2) is 128 Å². The fourth-order valence-corrected chi connectivity index (χ4v) is 6.08. The van der Waals surface area contributed by atoms with Crippen molar-refractivity contribution in [1.82, 2.24) is 42.1 Å². The van der Waals surface area contributed by atoms with Gasteiger partial charge in [-0.25, -0.2) is 0 Å². The van der Waals surface area contributed by atoms with Crippen LogP contribution in [0.15, 0.2) is 58.9 Å². The molecule has 7 amide bonds. The van der Waals surface area contributed by atoms with Gasteiger partial charge in [-0.05, 0) is 64.2 Å². The molecule has 17 N–H and O–H groups in total. The Morgan fingerprint density at radius 3 is 1.85 bits per heavy atom. The van der Waals surface area contributed by atoms with E-state index < -0.39 is 79.1 Å². The number of ketones is 2. The molecule has 25 heteroatoms. The molecule has 0 saturated carbocycles. The minimum atomic E-state index is -1.12. The van der Waals surface area contributed by atoms with Crippen LogP contribution in [0, 0.1) is 0 Å². The monoisotopic (exact) mass is 978 g/mol. The van der Waals surface area contributed by atoms with Crippen molar-refractivity contribution in [3.8, 4) is 0 Å². The molecule has 3 atom stereocenters. The van der Waals surface area contributed by atoms with E-state index in [4.69, 9.17) is 17.2 Å².